The zero-order valence-corrected chi connectivity index (χ0v) is 17.5. The summed E-state index contributed by atoms with van der Waals surface area (Å²) in [4.78, 5) is 27.2. The summed E-state index contributed by atoms with van der Waals surface area (Å²) in [6.45, 7) is 6.63. The van der Waals surface area contributed by atoms with Gasteiger partial charge in [0.1, 0.15) is 0 Å². The van der Waals surface area contributed by atoms with E-state index in [9.17, 15) is 9.59 Å². The Balaban J connectivity index is 1.50. The van der Waals surface area contributed by atoms with Gasteiger partial charge < -0.3 is 15.5 Å². The number of hydrogen-bond donors (Lipinski definition) is 2. The fraction of sp³-hybridized carbons (Fsp3) is 0.200. The molecule has 0 spiro atoms. The summed E-state index contributed by atoms with van der Waals surface area (Å²) in [7, 11) is 0. The van der Waals surface area contributed by atoms with Crippen molar-refractivity contribution in [3.63, 3.8) is 0 Å². The van der Waals surface area contributed by atoms with E-state index >= 15 is 0 Å². The summed E-state index contributed by atoms with van der Waals surface area (Å²) in [5.74, 6) is -0.0226. The smallest absolute Gasteiger partial charge is 0.308 e. The van der Waals surface area contributed by atoms with Crippen molar-refractivity contribution < 1.29 is 9.59 Å². The number of anilines is 3. The highest BCUT2D eigenvalue weighted by Crippen LogP contribution is 2.32. The molecule has 0 radical (unpaired) electrons. The van der Waals surface area contributed by atoms with E-state index in [1.165, 1.54) is 0 Å². The van der Waals surface area contributed by atoms with Gasteiger partial charge in [-0.1, -0.05) is 29.8 Å². The van der Waals surface area contributed by atoms with E-state index in [-0.39, 0.29) is 11.9 Å². The van der Waals surface area contributed by atoms with E-state index in [0.717, 1.165) is 40.0 Å². The normalized spacial score (nSPS) is 12.4. The van der Waals surface area contributed by atoms with E-state index in [4.69, 9.17) is 0 Å². The maximum absolute atomic E-state index is 13.0. The third-order valence-electron chi connectivity index (χ3n) is 5.26. The molecule has 3 aromatic rings. The maximum Gasteiger partial charge on any atom is 0.323 e. The predicted molar refractivity (Wildman–Crippen MR) is 122 cm³/mol. The molecule has 0 saturated carbocycles. The molecule has 3 aromatic carbocycles. The fourth-order valence-corrected chi connectivity index (χ4v) is 3.86. The van der Waals surface area contributed by atoms with Crippen LogP contribution in [-0.2, 0) is 6.42 Å². The minimum absolute atomic E-state index is 0.0226. The number of nitrogens with one attached hydrogen (secondary N) is 2. The van der Waals surface area contributed by atoms with Gasteiger partial charge in [-0.05, 0) is 80.3 Å². The molecule has 0 aliphatic carbocycles. The van der Waals surface area contributed by atoms with E-state index in [0.29, 0.717) is 17.8 Å². The van der Waals surface area contributed by atoms with Crippen molar-refractivity contribution in [2.75, 3.05) is 22.1 Å². The Labute approximate surface area is 176 Å². The zero-order valence-electron chi connectivity index (χ0n) is 17.5. The number of amides is 3. The lowest BCUT2D eigenvalue weighted by Crippen LogP contribution is -2.29. The standard InChI is InChI=1S/C25H25N3O2/c1-16-4-6-20(7-5-16)24(29)28-11-10-19-8-9-21(15-23(19)28)26-25(30)27-22-13-17(2)12-18(3)14-22/h4-9,12-15H,10-11H2,1-3H3,(H2,26,27,30). The molecule has 30 heavy (non-hydrogen) atoms. The summed E-state index contributed by atoms with van der Waals surface area (Å²) in [6.07, 6.45) is 0.808. The highest BCUT2D eigenvalue weighted by molar-refractivity contribution is 6.08. The van der Waals surface area contributed by atoms with Crippen LogP contribution in [0.1, 0.15) is 32.6 Å². The molecule has 5 nitrogen and oxygen atoms in total. The first-order chi connectivity index (χ1) is 14.4. The number of rotatable bonds is 3. The average Bonchev–Trinajstić information content (AvgIpc) is 3.10. The van der Waals surface area contributed by atoms with Crippen LogP contribution in [0.25, 0.3) is 0 Å². The average molecular weight is 399 g/mol. The van der Waals surface area contributed by atoms with E-state index in [1.54, 1.807) is 4.90 Å². The Morgan fingerprint density at radius 1 is 0.767 bits per heavy atom. The molecule has 4 rings (SSSR count). The second-order valence-electron chi connectivity index (χ2n) is 7.87. The number of nitrogens with zero attached hydrogens (tertiary/aromatic N) is 1. The minimum Gasteiger partial charge on any atom is -0.308 e. The summed E-state index contributed by atoms with van der Waals surface area (Å²) in [6, 6.07) is 18.9. The quantitative estimate of drug-likeness (QED) is 0.614. The van der Waals surface area contributed by atoms with Crippen molar-refractivity contribution in [1.82, 2.24) is 0 Å². The van der Waals surface area contributed by atoms with Crippen LogP contribution in [0.3, 0.4) is 0 Å². The summed E-state index contributed by atoms with van der Waals surface area (Å²) < 4.78 is 0. The highest BCUT2D eigenvalue weighted by atomic mass is 16.2. The molecule has 1 heterocycles. The van der Waals surface area contributed by atoms with Crippen LogP contribution in [0.2, 0.25) is 0 Å². The topological polar surface area (TPSA) is 61.4 Å². The van der Waals surface area contributed by atoms with E-state index in [2.05, 4.69) is 16.7 Å². The van der Waals surface area contributed by atoms with E-state index in [1.807, 2.05) is 75.4 Å². The first kappa shape index (κ1) is 19.7. The lowest BCUT2D eigenvalue weighted by Gasteiger charge is -2.18. The molecule has 2 N–H and O–H groups in total. The van der Waals surface area contributed by atoms with Gasteiger partial charge in [-0.3, -0.25) is 4.79 Å². The summed E-state index contributed by atoms with van der Waals surface area (Å²) in [5, 5.41) is 5.75. The molecule has 0 saturated heterocycles. The maximum atomic E-state index is 13.0. The minimum atomic E-state index is -0.311. The van der Waals surface area contributed by atoms with Crippen LogP contribution < -0.4 is 15.5 Å². The third-order valence-corrected chi connectivity index (χ3v) is 5.26. The molecule has 1 aliphatic rings. The summed E-state index contributed by atoms with van der Waals surface area (Å²) in [5.41, 5.74) is 7.33. The second-order valence-corrected chi connectivity index (χ2v) is 7.87. The SMILES string of the molecule is Cc1ccc(C(=O)N2CCc3ccc(NC(=O)Nc4cc(C)cc(C)c4)cc32)cc1. The predicted octanol–water partition coefficient (Wildman–Crippen LogP) is 5.46. The van der Waals surface area contributed by atoms with Gasteiger partial charge in [-0.2, -0.15) is 0 Å². The summed E-state index contributed by atoms with van der Waals surface area (Å²) >= 11 is 0. The number of carbonyl (C=O) groups is 2. The van der Waals surface area contributed by atoms with Crippen LogP contribution >= 0.6 is 0 Å². The van der Waals surface area contributed by atoms with Crippen LogP contribution in [0.15, 0.2) is 60.7 Å². The van der Waals surface area contributed by atoms with Crippen LogP contribution in [-0.4, -0.2) is 18.5 Å². The van der Waals surface area contributed by atoms with Gasteiger partial charge in [0, 0.05) is 29.2 Å². The third kappa shape index (κ3) is 4.20. The van der Waals surface area contributed by atoms with Gasteiger partial charge in [-0.15, -0.1) is 0 Å². The Morgan fingerprint density at radius 3 is 2.13 bits per heavy atom. The monoisotopic (exact) mass is 399 g/mol. The first-order valence-electron chi connectivity index (χ1n) is 10.1. The van der Waals surface area contributed by atoms with Crippen molar-refractivity contribution in [2.45, 2.75) is 27.2 Å². The second kappa shape index (κ2) is 8.03. The molecule has 0 aromatic heterocycles. The lowest BCUT2D eigenvalue weighted by molar-refractivity contribution is 0.0989. The van der Waals surface area contributed by atoms with Gasteiger partial charge in [-0.25, -0.2) is 4.79 Å². The number of hydrogen-bond acceptors (Lipinski definition) is 2. The largest absolute Gasteiger partial charge is 0.323 e. The van der Waals surface area contributed by atoms with E-state index < -0.39 is 0 Å². The molecule has 1 aliphatic heterocycles. The van der Waals surface area contributed by atoms with Crippen LogP contribution in [0.4, 0.5) is 21.9 Å². The van der Waals surface area contributed by atoms with Gasteiger partial charge in [0.2, 0.25) is 0 Å². The molecule has 0 atom stereocenters. The molecular formula is C25H25N3O2. The Bertz CT molecular complexity index is 1100. The highest BCUT2D eigenvalue weighted by Gasteiger charge is 2.26. The number of fused-ring (bicyclic) bond motifs is 1. The number of urea groups is 1. The van der Waals surface area contributed by atoms with Crippen LogP contribution in [0, 0.1) is 20.8 Å². The van der Waals surface area contributed by atoms with Crippen molar-refractivity contribution in [3.05, 3.63) is 88.5 Å². The van der Waals surface area contributed by atoms with Gasteiger partial charge in [0.05, 0.1) is 0 Å². The molecule has 152 valence electrons. The van der Waals surface area contributed by atoms with Crippen molar-refractivity contribution in [1.29, 1.82) is 0 Å². The number of benzene rings is 3. The molecule has 0 unspecified atom stereocenters. The molecule has 0 bridgehead atoms. The van der Waals surface area contributed by atoms with Crippen molar-refractivity contribution >= 4 is 29.0 Å². The van der Waals surface area contributed by atoms with Crippen LogP contribution in [0.5, 0.6) is 0 Å². The Kier molecular flexibility index (Phi) is 5.27. The molecule has 5 heteroatoms. The lowest BCUT2D eigenvalue weighted by atomic mass is 10.1. The first-order valence-corrected chi connectivity index (χ1v) is 10.1. The molecule has 3 amide bonds. The van der Waals surface area contributed by atoms with Gasteiger partial charge >= 0.3 is 6.03 Å². The number of carbonyl (C=O) groups excluding carboxylic acids is 2. The zero-order chi connectivity index (χ0) is 21.3. The van der Waals surface area contributed by atoms with Crippen molar-refractivity contribution in [2.24, 2.45) is 0 Å². The van der Waals surface area contributed by atoms with Gasteiger partial charge in [0.25, 0.3) is 5.91 Å². The molecular weight excluding hydrogens is 374 g/mol. The molecule has 0 fully saturated rings. The number of aryl methyl sites for hydroxylation is 3. The fourth-order valence-electron chi connectivity index (χ4n) is 3.86. The van der Waals surface area contributed by atoms with Gasteiger partial charge in [0.15, 0.2) is 0 Å². The van der Waals surface area contributed by atoms with Crippen molar-refractivity contribution in [3.8, 4) is 0 Å². The Morgan fingerprint density at radius 2 is 1.43 bits per heavy atom. The Hall–Kier alpha value is -3.60.